The number of amides is 1. The molecule has 10 heteroatoms. The quantitative estimate of drug-likeness (QED) is 0.500. The zero-order valence-electron chi connectivity index (χ0n) is 15.8. The summed E-state index contributed by atoms with van der Waals surface area (Å²) in [4.78, 5) is 12.7. The number of fused-ring (bicyclic) bond motifs is 1. The van der Waals surface area contributed by atoms with Crippen molar-refractivity contribution in [2.24, 2.45) is 0 Å². The maximum Gasteiger partial charge on any atom is 0.273 e. The van der Waals surface area contributed by atoms with Crippen LogP contribution in [-0.2, 0) is 0 Å². The molecule has 0 saturated carbocycles. The van der Waals surface area contributed by atoms with Crippen molar-refractivity contribution >= 4 is 34.4 Å². The van der Waals surface area contributed by atoms with Crippen molar-refractivity contribution in [3.8, 4) is 28.5 Å². The number of carbonyl (C=O) groups is 1. The molecule has 0 aliphatic carbocycles. The molecule has 148 valence electrons. The van der Waals surface area contributed by atoms with Gasteiger partial charge in [-0.05, 0) is 30.3 Å². The highest BCUT2D eigenvalue weighted by molar-refractivity contribution is 7.00. The number of aromatic amines is 1. The number of rotatable bonds is 6. The van der Waals surface area contributed by atoms with E-state index in [0.717, 1.165) is 17.2 Å². The highest BCUT2D eigenvalue weighted by atomic mass is 32.1. The summed E-state index contributed by atoms with van der Waals surface area (Å²) < 4.78 is 24.5. The Balaban J connectivity index is 1.63. The predicted molar refractivity (Wildman–Crippen MR) is 109 cm³/mol. The van der Waals surface area contributed by atoms with Crippen LogP contribution in [-0.4, -0.2) is 46.2 Å². The largest absolute Gasteiger partial charge is 0.493 e. The molecular weight excluding hydrogens is 394 g/mol. The molecular formula is C19H17N5O4S. The molecule has 4 rings (SSSR count). The van der Waals surface area contributed by atoms with Crippen LogP contribution in [0.3, 0.4) is 0 Å². The van der Waals surface area contributed by atoms with E-state index in [1.807, 2.05) is 12.1 Å². The average molecular weight is 411 g/mol. The summed E-state index contributed by atoms with van der Waals surface area (Å²) in [6.45, 7) is 0. The summed E-state index contributed by atoms with van der Waals surface area (Å²) in [7, 11) is 4.62. The van der Waals surface area contributed by atoms with Gasteiger partial charge in [-0.25, -0.2) is 0 Å². The van der Waals surface area contributed by atoms with Gasteiger partial charge < -0.3 is 19.5 Å². The lowest BCUT2D eigenvalue weighted by Gasteiger charge is -2.13. The molecule has 0 fully saturated rings. The summed E-state index contributed by atoms with van der Waals surface area (Å²) in [6.07, 6.45) is 0. The molecule has 2 heterocycles. The predicted octanol–water partition coefficient (Wildman–Crippen LogP) is 3.36. The summed E-state index contributed by atoms with van der Waals surface area (Å²) in [5.41, 5.74) is 3.54. The Bertz CT molecular complexity index is 1160. The number of aromatic nitrogens is 4. The molecule has 9 nitrogen and oxygen atoms in total. The number of H-pyrrole nitrogens is 1. The topological polar surface area (TPSA) is 111 Å². The van der Waals surface area contributed by atoms with E-state index in [0.29, 0.717) is 45.4 Å². The number of hydrogen-bond acceptors (Lipinski definition) is 8. The van der Waals surface area contributed by atoms with Gasteiger partial charge >= 0.3 is 0 Å². The Hall–Kier alpha value is -3.66. The molecule has 0 aliphatic heterocycles. The van der Waals surface area contributed by atoms with E-state index >= 15 is 0 Å². The number of carbonyl (C=O) groups excluding carboxylic acids is 1. The number of nitrogens with one attached hydrogen (secondary N) is 2. The Morgan fingerprint density at radius 1 is 1.03 bits per heavy atom. The molecule has 0 saturated heterocycles. The van der Waals surface area contributed by atoms with Gasteiger partial charge in [-0.3, -0.25) is 9.89 Å². The number of hydrogen-bond donors (Lipinski definition) is 2. The van der Waals surface area contributed by atoms with Gasteiger partial charge in [0.05, 0.1) is 44.4 Å². The Morgan fingerprint density at radius 3 is 2.48 bits per heavy atom. The van der Waals surface area contributed by atoms with Crippen LogP contribution in [0.1, 0.15) is 10.5 Å². The van der Waals surface area contributed by atoms with E-state index in [-0.39, 0.29) is 5.91 Å². The van der Waals surface area contributed by atoms with Crippen molar-refractivity contribution in [3.05, 3.63) is 42.1 Å². The third-order valence-corrected chi connectivity index (χ3v) is 4.86. The fraction of sp³-hybridized carbons (Fsp3) is 0.158. The van der Waals surface area contributed by atoms with Gasteiger partial charge in [0, 0.05) is 5.56 Å². The molecule has 0 spiro atoms. The van der Waals surface area contributed by atoms with Crippen molar-refractivity contribution in [1.82, 2.24) is 18.9 Å². The lowest BCUT2D eigenvalue weighted by molar-refractivity contribution is 0.102. The first-order chi connectivity index (χ1) is 14.1. The van der Waals surface area contributed by atoms with Crippen molar-refractivity contribution in [3.63, 3.8) is 0 Å². The van der Waals surface area contributed by atoms with Crippen LogP contribution in [0, 0.1) is 0 Å². The van der Waals surface area contributed by atoms with Crippen LogP contribution in [0.4, 0.5) is 5.69 Å². The van der Waals surface area contributed by atoms with Crippen LogP contribution < -0.4 is 19.5 Å². The molecule has 1 amide bonds. The second-order valence-electron chi connectivity index (χ2n) is 5.97. The van der Waals surface area contributed by atoms with Gasteiger partial charge in [-0.2, -0.15) is 13.8 Å². The van der Waals surface area contributed by atoms with Gasteiger partial charge in [0.25, 0.3) is 5.91 Å². The molecule has 2 N–H and O–H groups in total. The Kier molecular flexibility index (Phi) is 5.00. The van der Waals surface area contributed by atoms with Gasteiger partial charge in [-0.15, -0.1) is 0 Å². The summed E-state index contributed by atoms with van der Waals surface area (Å²) in [6, 6.07) is 10.6. The number of benzene rings is 2. The van der Waals surface area contributed by atoms with Crippen molar-refractivity contribution in [2.75, 3.05) is 26.6 Å². The van der Waals surface area contributed by atoms with Crippen molar-refractivity contribution in [2.45, 2.75) is 0 Å². The normalized spacial score (nSPS) is 10.7. The molecule has 2 aromatic carbocycles. The third-order valence-electron chi connectivity index (χ3n) is 4.32. The summed E-state index contributed by atoms with van der Waals surface area (Å²) >= 11 is 1.10. The molecule has 4 aromatic rings. The SMILES string of the molecule is COc1cc(-c2cc(C(=O)Nc3cccc4nsnc34)[nH]n2)cc(OC)c1OC. The van der Waals surface area contributed by atoms with Crippen molar-refractivity contribution in [1.29, 1.82) is 0 Å². The smallest absolute Gasteiger partial charge is 0.273 e. The zero-order chi connectivity index (χ0) is 20.4. The Morgan fingerprint density at radius 2 is 1.79 bits per heavy atom. The van der Waals surface area contributed by atoms with Crippen molar-refractivity contribution < 1.29 is 19.0 Å². The van der Waals surface area contributed by atoms with Crippen LogP contribution >= 0.6 is 11.7 Å². The van der Waals surface area contributed by atoms with Gasteiger partial charge in [0.15, 0.2) is 11.5 Å². The fourth-order valence-corrected chi connectivity index (χ4v) is 3.46. The first-order valence-corrected chi connectivity index (χ1v) is 9.26. The second kappa shape index (κ2) is 7.76. The van der Waals surface area contributed by atoms with E-state index in [9.17, 15) is 4.79 Å². The molecule has 0 radical (unpaired) electrons. The highest BCUT2D eigenvalue weighted by Gasteiger charge is 2.18. The van der Waals surface area contributed by atoms with E-state index in [4.69, 9.17) is 14.2 Å². The van der Waals surface area contributed by atoms with E-state index < -0.39 is 0 Å². The minimum atomic E-state index is -0.336. The standard InChI is InChI=1S/C19H17N5O4S/c1-26-15-7-10(8-16(27-2)18(15)28-3)13-9-14(22-21-13)19(25)20-11-5-4-6-12-17(11)24-29-23-12/h4-9H,1-3H3,(H,20,25)(H,21,22). The molecule has 0 atom stereocenters. The Labute approximate surface area is 169 Å². The van der Waals surface area contributed by atoms with Gasteiger partial charge in [0.2, 0.25) is 5.75 Å². The van der Waals surface area contributed by atoms with Crippen LogP contribution in [0.2, 0.25) is 0 Å². The molecule has 0 bridgehead atoms. The molecule has 29 heavy (non-hydrogen) atoms. The first-order valence-electron chi connectivity index (χ1n) is 8.53. The first kappa shape index (κ1) is 18.7. The summed E-state index contributed by atoms with van der Waals surface area (Å²) in [5, 5.41) is 9.85. The molecule has 2 aromatic heterocycles. The third kappa shape index (κ3) is 3.45. The molecule has 0 aliphatic rings. The fourth-order valence-electron chi connectivity index (χ4n) is 2.91. The number of anilines is 1. The minimum Gasteiger partial charge on any atom is -0.493 e. The zero-order valence-corrected chi connectivity index (χ0v) is 16.7. The lowest BCUT2D eigenvalue weighted by atomic mass is 10.1. The van der Waals surface area contributed by atoms with Crippen LogP contribution in [0.25, 0.3) is 22.3 Å². The van der Waals surface area contributed by atoms with E-state index in [2.05, 4.69) is 24.3 Å². The second-order valence-corrected chi connectivity index (χ2v) is 6.50. The summed E-state index contributed by atoms with van der Waals surface area (Å²) in [5.74, 6) is 1.14. The molecule has 0 unspecified atom stereocenters. The van der Waals surface area contributed by atoms with Crippen LogP contribution in [0.15, 0.2) is 36.4 Å². The number of methoxy groups -OCH3 is 3. The lowest BCUT2D eigenvalue weighted by Crippen LogP contribution is -2.12. The van der Waals surface area contributed by atoms with E-state index in [1.165, 1.54) is 7.11 Å². The van der Waals surface area contributed by atoms with Gasteiger partial charge in [0.1, 0.15) is 16.7 Å². The number of ether oxygens (including phenoxy) is 3. The number of nitrogens with zero attached hydrogens (tertiary/aromatic N) is 3. The van der Waals surface area contributed by atoms with Gasteiger partial charge in [-0.1, -0.05) is 6.07 Å². The van der Waals surface area contributed by atoms with Crippen LogP contribution in [0.5, 0.6) is 17.2 Å². The van der Waals surface area contributed by atoms with E-state index in [1.54, 1.807) is 38.5 Å². The maximum absolute atomic E-state index is 12.7. The minimum absolute atomic E-state index is 0.300. The monoisotopic (exact) mass is 411 g/mol. The average Bonchev–Trinajstić information content (AvgIpc) is 3.42. The maximum atomic E-state index is 12.7. The highest BCUT2D eigenvalue weighted by Crippen LogP contribution is 2.40.